The van der Waals surface area contributed by atoms with Crippen molar-refractivity contribution in [3.8, 4) is 0 Å². The standard InChI is InChI=1S/C12H14N4S/c1-17-12-15-7-10(8-16-12)6-13-9-11-4-2-3-5-14-11/h2-5,7-8,13H,6,9H2,1H3. The zero-order valence-electron chi connectivity index (χ0n) is 9.63. The van der Waals surface area contributed by atoms with Gasteiger partial charge in [-0.2, -0.15) is 0 Å². The third kappa shape index (κ3) is 3.80. The minimum atomic E-state index is 0.755. The van der Waals surface area contributed by atoms with Crippen LogP contribution in [0.5, 0.6) is 0 Å². The van der Waals surface area contributed by atoms with Gasteiger partial charge < -0.3 is 5.32 Å². The summed E-state index contributed by atoms with van der Waals surface area (Å²) in [7, 11) is 0. The normalized spacial score (nSPS) is 10.4. The van der Waals surface area contributed by atoms with Gasteiger partial charge in [-0.25, -0.2) is 9.97 Å². The molecule has 2 heterocycles. The average molecular weight is 246 g/mol. The van der Waals surface area contributed by atoms with Gasteiger partial charge in [0.25, 0.3) is 0 Å². The van der Waals surface area contributed by atoms with Crippen LogP contribution in [0, 0.1) is 0 Å². The third-order valence-electron chi connectivity index (χ3n) is 2.23. The number of hydrogen-bond acceptors (Lipinski definition) is 5. The molecule has 0 fully saturated rings. The van der Waals surface area contributed by atoms with E-state index in [1.807, 2.05) is 36.8 Å². The first-order chi connectivity index (χ1) is 8.38. The minimum Gasteiger partial charge on any atom is -0.307 e. The molecule has 0 aliphatic heterocycles. The zero-order chi connectivity index (χ0) is 11.9. The number of nitrogens with zero attached hydrogens (tertiary/aromatic N) is 3. The maximum absolute atomic E-state index is 4.24. The molecule has 0 radical (unpaired) electrons. The van der Waals surface area contributed by atoms with E-state index in [0.29, 0.717) is 0 Å². The molecule has 2 rings (SSSR count). The Balaban J connectivity index is 1.82. The number of nitrogens with one attached hydrogen (secondary N) is 1. The van der Waals surface area contributed by atoms with Gasteiger partial charge in [0, 0.05) is 37.2 Å². The summed E-state index contributed by atoms with van der Waals surface area (Å²) in [4.78, 5) is 12.7. The lowest BCUT2D eigenvalue weighted by Gasteiger charge is -2.04. The zero-order valence-corrected chi connectivity index (χ0v) is 10.4. The molecule has 0 bridgehead atoms. The second kappa shape index (κ2) is 6.32. The van der Waals surface area contributed by atoms with Crippen LogP contribution >= 0.6 is 11.8 Å². The van der Waals surface area contributed by atoms with Crippen LogP contribution in [0.15, 0.2) is 41.9 Å². The van der Waals surface area contributed by atoms with Crippen molar-refractivity contribution in [2.24, 2.45) is 0 Å². The number of thioether (sulfide) groups is 1. The monoisotopic (exact) mass is 246 g/mol. The molecule has 5 heteroatoms. The molecule has 0 amide bonds. The molecular formula is C12H14N4S. The van der Waals surface area contributed by atoms with E-state index in [4.69, 9.17) is 0 Å². The molecule has 0 atom stereocenters. The van der Waals surface area contributed by atoms with E-state index in [0.717, 1.165) is 29.5 Å². The SMILES string of the molecule is CSc1ncc(CNCc2ccccn2)cn1. The first-order valence-electron chi connectivity index (χ1n) is 5.34. The van der Waals surface area contributed by atoms with Crippen LogP contribution in [0.1, 0.15) is 11.3 Å². The maximum Gasteiger partial charge on any atom is 0.187 e. The largest absolute Gasteiger partial charge is 0.307 e. The fourth-order valence-electron chi connectivity index (χ4n) is 1.38. The summed E-state index contributed by atoms with van der Waals surface area (Å²) in [6.07, 6.45) is 7.47. The molecule has 17 heavy (non-hydrogen) atoms. The first kappa shape index (κ1) is 12.0. The van der Waals surface area contributed by atoms with Crippen LogP contribution < -0.4 is 5.32 Å². The van der Waals surface area contributed by atoms with Crippen molar-refractivity contribution in [1.29, 1.82) is 0 Å². The number of pyridine rings is 1. The van der Waals surface area contributed by atoms with Gasteiger partial charge in [0.15, 0.2) is 5.16 Å². The Morgan fingerprint density at radius 1 is 1.12 bits per heavy atom. The van der Waals surface area contributed by atoms with E-state index in [-0.39, 0.29) is 0 Å². The van der Waals surface area contributed by atoms with Gasteiger partial charge in [-0.3, -0.25) is 4.98 Å². The Bertz CT molecular complexity index is 444. The lowest BCUT2D eigenvalue weighted by Crippen LogP contribution is -2.13. The number of rotatable bonds is 5. The van der Waals surface area contributed by atoms with Gasteiger partial charge in [-0.05, 0) is 18.4 Å². The molecule has 0 aromatic carbocycles. The van der Waals surface area contributed by atoms with E-state index in [1.165, 1.54) is 0 Å². The molecule has 0 aliphatic carbocycles. The summed E-state index contributed by atoms with van der Waals surface area (Å²) in [6, 6.07) is 5.90. The minimum absolute atomic E-state index is 0.755. The first-order valence-corrected chi connectivity index (χ1v) is 6.56. The Kier molecular flexibility index (Phi) is 4.46. The fraction of sp³-hybridized carbons (Fsp3) is 0.250. The average Bonchev–Trinajstić information content (AvgIpc) is 2.41. The molecule has 2 aromatic heterocycles. The van der Waals surface area contributed by atoms with E-state index in [1.54, 1.807) is 18.0 Å². The van der Waals surface area contributed by atoms with Gasteiger partial charge >= 0.3 is 0 Å². The predicted molar refractivity (Wildman–Crippen MR) is 68.6 cm³/mol. The number of aromatic nitrogens is 3. The highest BCUT2D eigenvalue weighted by molar-refractivity contribution is 7.98. The smallest absolute Gasteiger partial charge is 0.187 e. The second-order valence-electron chi connectivity index (χ2n) is 3.50. The second-order valence-corrected chi connectivity index (χ2v) is 4.28. The van der Waals surface area contributed by atoms with Crippen molar-refractivity contribution >= 4 is 11.8 Å². The Morgan fingerprint density at radius 3 is 2.59 bits per heavy atom. The lowest BCUT2D eigenvalue weighted by molar-refractivity contribution is 0.672. The summed E-state index contributed by atoms with van der Waals surface area (Å²) in [5.41, 5.74) is 2.12. The van der Waals surface area contributed by atoms with E-state index >= 15 is 0 Å². The van der Waals surface area contributed by atoms with Gasteiger partial charge in [-0.15, -0.1) is 0 Å². The summed E-state index contributed by atoms with van der Waals surface area (Å²) in [5.74, 6) is 0. The van der Waals surface area contributed by atoms with Crippen LogP contribution in [-0.2, 0) is 13.1 Å². The van der Waals surface area contributed by atoms with E-state index in [9.17, 15) is 0 Å². The fourth-order valence-corrected chi connectivity index (χ4v) is 1.69. The molecule has 0 saturated carbocycles. The Morgan fingerprint density at radius 2 is 1.94 bits per heavy atom. The lowest BCUT2D eigenvalue weighted by atomic mass is 10.3. The molecule has 0 spiro atoms. The van der Waals surface area contributed by atoms with Gasteiger partial charge in [0.1, 0.15) is 0 Å². The molecule has 1 N–H and O–H groups in total. The molecule has 4 nitrogen and oxygen atoms in total. The van der Waals surface area contributed by atoms with Crippen molar-refractivity contribution in [3.63, 3.8) is 0 Å². The van der Waals surface area contributed by atoms with Crippen molar-refractivity contribution in [3.05, 3.63) is 48.0 Å². The van der Waals surface area contributed by atoms with Gasteiger partial charge in [0.2, 0.25) is 0 Å². The van der Waals surface area contributed by atoms with Gasteiger partial charge in [0.05, 0.1) is 5.69 Å². The molecule has 0 saturated heterocycles. The van der Waals surface area contributed by atoms with Crippen molar-refractivity contribution in [2.45, 2.75) is 18.2 Å². The van der Waals surface area contributed by atoms with Gasteiger partial charge in [-0.1, -0.05) is 17.8 Å². The van der Waals surface area contributed by atoms with Crippen LogP contribution in [0.3, 0.4) is 0 Å². The summed E-state index contributed by atoms with van der Waals surface area (Å²) >= 11 is 1.55. The highest BCUT2D eigenvalue weighted by Crippen LogP contribution is 2.06. The maximum atomic E-state index is 4.24. The topological polar surface area (TPSA) is 50.7 Å². The van der Waals surface area contributed by atoms with Crippen LogP contribution in [0.4, 0.5) is 0 Å². The van der Waals surface area contributed by atoms with Crippen LogP contribution in [-0.4, -0.2) is 21.2 Å². The Hall–Kier alpha value is -1.46. The van der Waals surface area contributed by atoms with Crippen molar-refractivity contribution in [2.75, 3.05) is 6.26 Å². The highest BCUT2D eigenvalue weighted by Gasteiger charge is 1.97. The highest BCUT2D eigenvalue weighted by atomic mass is 32.2. The summed E-state index contributed by atoms with van der Waals surface area (Å²) in [6.45, 7) is 1.51. The van der Waals surface area contributed by atoms with Crippen molar-refractivity contribution < 1.29 is 0 Å². The van der Waals surface area contributed by atoms with Crippen LogP contribution in [0.2, 0.25) is 0 Å². The Labute approximate surface area is 105 Å². The molecule has 0 aliphatic rings. The predicted octanol–water partition coefficient (Wildman–Crippen LogP) is 1.88. The summed E-state index contributed by atoms with van der Waals surface area (Å²) in [5, 5.41) is 4.11. The molecule has 0 unspecified atom stereocenters. The van der Waals surface area contributed by atoms with Crippen LogP contribution in [0.25, 0.3) is 0 Å². The molecule has 88 valence electrons. The molecule has 2 aromatic rings. The van der Waals surface area contributed by atoms with E-state index < -0.39 is 0 Å². The summed E-state index contributed by atoms with van der Waals surface area (Å²) < 4.78 is 0. The third-order valence-corrected chi connectivity index (χ3v) is 2.80. The molecular weight excluding hydrogens is 232 g/mol. The number of hydrogen-bond donors (Lipinski definition) is 1. The van der Waals surface area contributed by atoms with E-state index in [2.05, 4.69) is 20.3 Å². The quantitative estimate of drug-likeness (QED) is 0.645. The van der Waals surface area contributed by atoms with Crippen molar-refractivity contribution in [1.82, 2.24) is 20.3 Å².